The van der Waals surface area contributed by atoms with Crippen LogP contribution in [-0.4, -0.2) is 34.3 Å². The second-order valence-corrected chi connectivity index (χ2v) is 5.42. The molecule has 3 rings (SSSR count). The molecule has 0 aliphatic carbocycles. The second kappa shape index (κ2) is 6.18. The molecule has 1 saturated heterocycles. The van der Waals surface area contributed by atoms with Crippen molar-refractivity contribution in [3.8, 4) is 0 Å². The largest absolute Gasteiger partial charge is 0.391 e. The highest BCUT2D eigenvalue weighted by Gasteiger charge is 2.29. The fourth-order valence-electron chi connectivity index (χ4n) is 2.83. The molecule has 0 spiro atoms. The van der Waals surface area contributed by atoms with Gasteiger partial charge in [-0.25, -0.2) is 9.37 Å². The monoisotopic (exact) mass is 287 g/mol. The summed E-state index contributed by atoms with van der Waals surface area (Å²) in [5.41, 5.74) is 0.675. The second-order valence-electron chi connectivity index (χ2n) is 5.42. The van der Waals surface area contributed by atoms with Crippen LogP contribution in [0.5, 0.6) is 0 Å². The molecular weight excluding hydrogens is 269 g/mol. The molecule has 0 bridgehead atoms. The van der Waals surface area contributed by atoms with Gasteiger partial charge in [0.1, 0.15) is 11.6 Å². The van der Waals surface area contributed by atoms with Crippen molar-refractivity contribution in [2.24, 2.45) is 5.92 Å². The number of β-amino-alcohol motifs (C(OH)–C–C–N with tert-alkyl or cyclic N) is 1. The molecule has 4 nitrogen and oxygen atoms in total. The lowest BCUT2D eigenvalue weighted by molar-refractivity contribution is 0.0922. The number of anilines is 1. The van der Waals surface area contributed by atoms with Gasteiger partial charge in [0.15, 0.2) is 0 Å². The van der Waals surface area contributed by atoms with Crippen molar-refractivity contribution in [3.63, 3.8) is 0 Å². The molecule has 21 heavy (non-hydrogen) atoms. The highest BCUT2D eigenvalue weighted by atomic mass is 19.1. The highest BCUT2D eigenvalue weighted by molar-refractivity contribution is 5.36. The number of benzene rings is 1. The zero-order chi connectivity index (χ0) is 14.7. The van der Waals surface area contributed by atoms with E-state index >= 15 is 0 Å². The standard InChI is InChI=1S/C16H18FN3O/c17-14-4-2-1-3-12(14)9-13-5-8-20(11-15(13)21)16-10-18-6-7-19-16/h1-4,6-7,10,13,15,21H,5,8-9,11H2/t13-,15+/m1/s1. The number of aliphatic hydroxyl groups is 1. The maximum absolute atomic E-state index is 13.7. The molecule has 1 N–H and O–H groups in total. The van der Waals surface area contributed by atoms with Crippen molar-refractivity contribution < 1.29 is 9.50 Å². The summed E-state index contributed by atoms with van der Waals surface area (Å²) >= 11 is 0. The van der Waals surface area contributed by atoms with E-state index in [0.717, 1.165) is 18.8 Å². The van der Waals surface area contributed by atoms with Crippen LogP contribution < -0.4 is 4.90 Å². The van der Waals surface area contributed by atoms with Crippen molar-refractivity contribution in [1.29, 1.82) is 0 Å². The summed E-state index contributed by atoms with van der Waals surface area (Å²) in [6.07, 6.45) is 5.87. The van der Waals surface area contributed by atoms with Crippen molar-refractivity contribution in [2.75, 3.05) is 18.0 Å². The Labute approximate surface area is 123 Å². The van der Waals surface area contributed by atoms with Gasteiger partial charge in [-0.3, -0.25) is 4.98 Å². The molecule has 2 atom stereocenters. The Morgan fingerprint density at radius 2 is 2.14 bits per heavy atom. The Morgan fingerprint density at radius 3 is 2.86 bits per heavy atom. The number of aromatic nitrogens is 2. The van der Waals surface area contributed by atoms with Crippen LogP contribution in [0.2, 0.25) is 0 Å². The summed E-state index contributed by atoms with van der Waals surface area (Å²) in [7, 11) is 0. The SMILES string of the molecule is O[C@H]1CN(c2cnccn2)CC[C@@H]1Cc1ccccc1F. The molecule has 0 saturated carbocycles. The summed E-state index contributed by atoms with van der Waals surface area (Å²) < 4.78 is 13.7. The van der Waals surface area contributed by atoms with Crippen LogP contribution in [0, 0.1) is 11.7 Å². The third-order valence-electron chi connectivity index (χ3n) is 4.03. The van der Waals surface area contributed by atoms with Crippen molar-refractivity contribution in [2.45, 2.75) is 18.9 Å². The van der Waals surface area contributed by atoms with Crippen LogP contribution in [0.15, 0.2) is 42.9 Å². The molecule has 2 aromatic rings. The molecule has 0 unspecified atom stereocenters. The third kappa shape index (κ3) is 3.19. The Kier molecular flexibility index (Phi) is 4.10. The number of halogens is 1. The Bertz CT molecular complexity index is 593. The number of aliphatic hydroxyl groups excluding tert-OH is 1. The first kappa shape index (κ1) is 13.9. The lowest BCUT2D eigenvalue weighted by Crippen LogP contribution is -2.45. The summed E-state index contributed by atoms with van der Waals surface area (Å²) in [6.45, 7) is 1.31. The van der Waals surface area contributed by atoms with Gasteiger partial charge < -0.3 is 10.0 Å². The first-order valence-electron chi connectivity index (χ1n) is 7.16. The fourth-order valence-corrected chi connectivity index (χ4v) is 2.83. The lowest BCUT2D eigenvalue weighted by Gasteiger charge is -2.36. The van der Waals surface area contributed by atoms with Gasteiger partial charge in [-0.2, -0.15) is 0 Å². The summed E-state index contributed by atoms with van der Waals surface area (Å²) in [5, 5.41) is 10.3. The van der Waals surface area contributed by atoms with Crippen LogP contribution in [0.25, 0.3) is 0 Å². The molecule has 1 aromatic carbocycles. The highest BCUT2D eigenvalue weighted by Crippen LogP contribution is 2.25. The predicted molar refractivity (Wildman–Crippen MR) is 78.5 cm³/mol. The van der Waals surface area contributed by atoms with Gasteiger partial charge in [0.2, 0.25) is 0 Å². The van der Waals surface area contributed by atoms with Gasteiger partial charge in [0.25, 0.3) is 0 Å². The number of hydrogen-bond acceptors (Lipinski definition) is 4. The van der Waals surface area contributed by atoms with E-state index in [2.05, 4.69) is 9.97 Å². The molecule has 110 valence electrons. The average Bonchev–Trinajstić information content (AvgIpc) is 2.52. The minimum atomic E-state index is -0.486. The molecular formula is C16H18FN3O. The molecule has 5 heteroatoms. The number of piperidine rings is 1. The minimum absolute atomic E-state index is 0.0785. The molecule has 0 amide bonds. The zero-order valence-electron chi connectivity index (χ0n) is 11.7. The van der Waals surface area contributed by atoms with Crippen LogP contribution in [0.3, 0.4) is 0 Å². The quantitative estimate of drug-likeness (QED) is 0.938. The molecule has 2 heterocycles. The molecule has 1 fully saturated rings. The molecule has 1 aromatic heterocycles. The summed E-state index contributed by atoms with van der Waals surface area (Å²) in [6, 6.07) is 6.78. The predicted octanol–water partition coefficient (Wildman–Crippen LogP) is 2.05. The van der Waals surface area contributed by atoms with E-state index in [1.54, 1.807) is 30.7 Å². The Balaban J connectivity index is 1.65. The zero-order valence-corrected chi connectivity index (χ0v) is 11.7. The fraction of sp³-hybridized carbons (Fsp3) is 0.375. The normalized spacial score (nSPS) is 22.3. The third-order valence-corrected chi connectivity index (χ3v) is 4.03. The van der Waals surface area contributed by atoms with E-state index in [-0.39, 0.29) is 11.7 Å². The maximum atomic E-state index is 13.7. The van der Waals surface area contributed by atoms with Crippen LogP contribution in [0.1, 0.15) is 12.0 Å². The number of hydrogen-bond donors (Lipinski definition) is 1. The van der Waals surface area contributed by atoms with Gasteiger partial charge in [0.05, 0.1) is 12.3 Å². The number of nitrogens with zero attached hydrogens (tertiary/aromatic N) is 3. The number of rotatable bonds is 3. The van der Waals surface area contributed by atoms with Gasteiger partial charge in [-0.1, -0.05) is 18.2 Å². The van der Waals surface area contributed by atoms with Crippen molar-refractivity contribution in [3.05, 3.63) is 54.2 Å². The summed E-state index contributed by atoms with van der Waals surface area (Å²) in [4.78, 5) is 10.3. The van der Waals surface area contributed by atoms with Gasteiger partial charge in [-0.05, 0) is 30.4 Å². The first-order valence-corrected chi connectivity index (χ1v) is 7.16. The van der Waals surface area contributed by atoms with Crippen molar-refractivity contribution in [1.82, 2.24) is 9.97 Å². The van der Waals surface area contributed by atoms with Gasteiger partial charge in [0, 0.05) is 25.5 Å². The van der Waals surface area contributed by atoms with Crippen LogP contribution in [-0.2, 0) is 6.42 Å². The maximum Gasteiger partial charge on any atom is 0.147 e. The molecule has 1 aliphatic rings. The Morgan fingerprint density at radius 1 is 1.29 bits per heavy atom. The van der Waals surface area contributed by atoms with Gasteiger partial charge in [-0.15, -0.1) is 0 Å². The Hall–Kier alpha value is -2.01. The summed E-state index contributed by atoms with van der Waals surface area (Å²) in [5.74, 6) is 0.664. The van der Waals surface area contributed by atoms with Crippen LogP contribution >= 0.6 is 0 Å². The first-order chi connectivity index (χ1) is 10.2. The minimum Gasteiger partial charge on any atom is -0.391 e. The van der Waals surface area contributed by atoms with Crippen LogP contribution in [0.4, 0.5) is 10.2 Å². The van der Waals surface area contributed by atoms with E-state index in [4.69, 9.17) is 0 Å². The van der Waals surface area contributed by atoms with Gasteiger partial charge >= 0.3 is 0 Å². The van der Waals surface area contributed by atoms with Crippen molar-refractivity contribution >= 4 is 5.82 Å². The van der Waals surface area contributed by atoms with E-state index in [1.807, 2.05) is 11.0 Å². The van der Waals surface area contributed by atoms with E-state index < -0.39 is 6.10 Å². The van der Waals surface area contributed by atoms with E-state index in [0.29, 0.717) is 18.5 Å². The average molecular weight is 287 g/mol. The van der Waals surface area contributed by atoms with E-state index in [1.165, 1.54) is 6.07 Å². The molecule has 1 aliphatic heterocycles. The lowest BCUT2D eigenvalue weighted by atomic mass is 9.87. The smallest absolute Gasteiger partial charge is 0.147 e. The topological polar surface area (TPSA) is 49.2 Å². The van der Waals surface area contributed by atoms with E-state index in [9.17, 15) is 9.50 Å². The molecule has 0 radical (unpaired) electrons.